The lowest BCUT2D eigenvalue weighted by molar-refractivity contribution is 0.413. The number of methoxy groups -OCH3 is 1. The minimum Gasteiger partial charge on any atom is -0.497 e. The van der Waals surface area contributed by atoms with Crippen molar-refractivity contribution in [3.05, 3.63) is 89.4 Å². The van der Waals surface area contributed by atoms with Crippen molar-refractivity contribution < 1.29 is 13.2 Å². The molecule has 0 saturated carbocycles. The number of ether oxygens (including phenoxy) is 1. The van der Waals surface area contributed by atoms with Gasteiger partial charge in [-0.2, -0.15) is 0 Å². The van der Waals surface area contributed by atoms with Gasteiger partial charge in [0.2, 0.25) is 0 Å². The van der Waals surface area contributed by atoms with Crippen molar-refractivity contribution in [2.75, 3.05) is 11.4 Å². The van der Waals surface area contributed by atoms with E-state index in [9.17, 15) is 8.42 Å². The van der Waals surface area contributed by atoms with Gasteiger partial charge in [0, 0.05) is 11.1 Å². The molecule has 0 aromatic heterocycles. The molecule has 0 amide bonds. The molecule has 3 aromatic rings. The third-order valence-corrected chi connectivity index (χ3v) is 6.42. The van der Waals surface area contributed by atoms with Crippen molar-refractivity contribution in [3.8, 4) is 5.75 Å². The molecule has 0 radical (unpaired) electrons. The van der Waals surface area contributed by atoms with Gasteiger partial charge in [0.25, 0.3) is 10.0 Å². The van der Waals surface area contributed by atoms with Crippen LogP contribution in [0.2, 0.25) is 5.02 Å². The van der Waals surface area contributed by atoms with E-state index in [4.69, 9.17) is 16.3 Å². The van der Waals surface area contributed by atoms with Crippen LogP contribution in [0.3, 0.4) is 0 Å². The maximum Gasteiger partial charge on any atom is 0.265 e. The number of anilines is 1. The second-order valence-electron chi connectivity index (χ2n) is 6.05. The maximum absolute atomic E-state index is 13.6. The summed E-state index contributed by atoms with van der Waals surface area (Å²) < 4.78 is 33.7. The molecule has 0 bridgehead atoms. The molecule has 0 fully saturated rings. The molecule has 0 aliphatic carbocycles. The number of sulfonamides is 1. The van der Waals surface area contributed by atoms with Crippen LogP contribution in [0.5, 0.6) is 5.75 Å². The Bertz CT molecular complexity index is 1020. The van der Waals surface area contributed by atoms with Gasteiger partial charge < -0.3 is 4.74 Å². The fourth-order valence-corrected chi connectivity index (χ4v) is 4.78. The van der Waals surface area contributed by atoms with Crippen molar-refractivity contribution in [2.24, 2.45) is 0 Å². The van der Waals surface area contributed by atoms with E-state index in [0.29, 0.717) is 16.5 Å². The number of nitrogens with zero attached hydrogens (tertiary/aromatic N) is 1. The normalized spacial score (nSPS) is 12.4. The first-order valence-electron chi connectivity index (χ1n) is 8.42. The number of hydrogen-bond donors (Lipinski definition) is 0. The Labute approximate surface area is 165 Å². The van der Waals surface area contributed by atoms with Crippen molar-refractivity contribution in [1.82, 2.24) is 0 Å². The zero-order valence-corrected chi connectivity index (χ0v) is 16.6. The highest BCUT2D eigenvalue weighted by Gasteiger charge is 2.30. The van der Waals surface area contributed by atoms with Crippen LogP contribution in [0, 0.1) is 0 Å². The predicted molar refractivity (Wildman–Crippen MR) is 109 cm³/mol. The molecule has 0 spiro atoms. The second kappa shape index (κ2) is 8.03. The Morgan fingerprint density at radius 1 is 0.926 bits per heavy atom. The Hall–Kier alpha value is -2.50. The third-order valence-electron chi connectivity index (χ3n) is 4.29. The van der Waals surface area contributed by atoms with E-state index in [0.717, 1.165) is 5.56 Å². The first kappa shape index (κ1) is 19.3. The summed E-state index contributed by atoms with van der Waals surface area (Å²) in [5.41, 5.74) is 1.38. The molecule has 4 nitrogen and oxygen atoms in total. The summed E-state index contributed by atoms with van der Waals surface area (Å²) >= 11 is 6.14. The largest absolute Gasteiger partial charge is 0.497 e. The molecule has 0 N–H and O–H groups in total. The van der Waals surface area contributed by atoms with E-state index < -0.39 is 16.1 Å². The summed E-state index contributed by atoms with van der Waals surface area (Å²) in [5, 5.41) is 0.471. The molecular formula is C21H20ClNO3S. The van der Waals surface area contributed by atoms with Crippen molar-refractivity contribution in [1.29, 1.82) is 0 Å². The smallest absolute Gasteiger partial charge is 0.265 e. The van der Waals surface area contributed by atoms with Crippen LogP contribution in [-0.2, 0) is 10.0 Å². The molecule has 3 rings (SSSR count). The average molecular weight is 402 g/mol. The van der Waals surface area contributed by atoms with Crippen LogP contribution in [0.15, 0.2) is 83.8 Å². The number of halogens is 1. The third kappa shape index (κ3) is 4.10. The molecule has 3 aromatic carbocycles. The fraction of sp³-hybridized carbons (Fsp3) is 0.143. The predicted octanol–water partition coefficient (Wildman–Crippen LogP) is 5.31. The zero-order valence-electron chi connectivity index (χ0n) is 15.0. The summed E-state index contributed by atoms with van der Waals surface area (Å²) in [6, 6.07) is 22.4. The summed E-state index contributed by atoms with van der Waals surface area (Å²) in [4.78, 5) is 0.157. The van der Waals surface area contributed by atoms with Crippen LogP contribution in [-0.4, -0.2) is 15.5 Å². The number of rotatable bonds is 6. The van der Waals surface area contributed by atoms with Crippen LogP contribution in [0.25, 0.3) is 0 Å². The van der Waals surface area contributed by atoms with E-state index in [1.807, 2.05) is 37.3 Å². The van der Waals surface area contributed by atoms with Crippen LogP contribution in [0.1, 0.15) is 18.5 Å². The molecule has 27 heavy (non-hydrogen) atoms. The standard InChI is InChI=1S/C21H20ClNO3S/c1-16(17-8-4-3-5-9-17)23(19-11-6-10-18(22)14-19)27(24,25)21-13-7-12-20(15-21)26-2/h3-16H,1-2H3. The highest BCUT2D eigenvalue weighted by atomic mass is 35.5. The summed E-state index contributed by atoms with van der Waals surface area (Å²) in [6.07, 6.45) is 0. The van der Waals surface area contributed by atoms with Gasteiger partial charge in [0.15, 0.2) is 0 Å². The van der Waals surface area contributed by atoms with Gasteiger partial charge in [-0.3, -0.25) is 4.31 Å². The van der Waals surface area contributed by atoms with E-state index in [1.54, 1.807) is 42.5 Å². The van der Waals surface area contributed by atoms with Gasteiger partial charge in [-0.1, -0.05) is 54.1 Å². The Morgan fingerprint density at radius 2 is 1.63 bits per heavy atom. The molecule has 0 heterocycles. The second-order valence-corrected chi connectivity index (χ2v) is 8.30. The molecule has 0 saturated heterocycles. The van der Waals surface area contributed by atoms with Gasteiger partial charge in [-0.15, -0.1) is 0 Å². The molecule has 140 valence electrons. The SMILES string of the molecule is COc1cccc(S(=O)(=O)N(c2cccc(Cl)c2)C(C)c2ccccc2)c1. The summed E-state index contributed by atoms with van der Waals surface area (Å²) in [6.45, 7) is 1.86. The number of benzene rings is 3. The molecule has 0 aliphatic heterocycles. The topological polar surface area (TPSA) is 46.6 Å². The molecular weight excluding hydrogens is 382 g/mol. The van der Waals surface area contributed by atoms with Gasteiger partial charge in [0.1, 0.15) is 5.75 Å². The van der Waals surface area contributed by atoms with Crippen molar-refractivity contribution in [3.63, 3.8) is 0 Å². The van der Waals surface area contributed by atoms with Crippen molar-refractivity contribution >= 4 is 27.3 Å². The number of hydrogen-bond acceptors (Lipinski definition) is 3. The minimum absolute atomic E-state index is 0.157. The highest BCUT2D eigenvalue weighted by molar-refractivity contribution is 7.92. The highest BCUT2D eigenvalue weighted by Crippen LogP contribution is 2.35. The van der Waals surface area contributed by atoms with Gasteiger partial charge in [-0.25, -0.2) is 8.42 Å². The average Bonchev–Trinajstić information content (AvgIpc) is 2.68. The van der Waals surface area contributed by atoms with E-state index >= 15 is 0 Å². The van der Waals surface area contributed by atoms with E-state index in [2.05, 4.69) is 0 Å². The van der Waals surface area contributed by atoms with Crippen LogP contribution in [0.4, 0.5) is 5.69 Å². The summed E-state index contributed by atoms with van der Waals surface area (Å²) in [7, 11) is -2.35. The minimum atomic E-state index is -3.86. The Balaban J connectivity index is 2.16. The van der Waals surface area contributed by atoms with Gasteiger partial charge in [-0.05, 0) is 42.8 Å². The van der Waals surface area contributed by atoms with Gasteiger partial charge in [0.05, 0.1) is 23.7 Å². The first-order chi connectivity index (χ1) is 12.9. The zero-order chi connectivity index (χ0) is 19.4. The van der Waals surface area contributed by atoms with E-state index in [-0.39, 0.29) is 4.90 Å². The lowest BCUT2D eigenvalue weighted by atomic mass is 10.1. The maximum atomic E-state index is 13.6. The first-order valence-corrected chi connectivity index (χ1v) is 10.2. The van der Waals surface area contributed by atoms with Crippen molar-refractivity contribution in [2.45, 2.75) is 17.9 Å². The van der Waals surface area contributed by atoms with Crippen LogP contribution < -0.4 is 9.04 Å². The Morgan fingerprint density at radius 3 is 2.30 bits per heavy atom. The monoisotopic (exact) mass is 401 g/mol. The summed E-state index contributed by atoms with van der Waals surface area (Å²) in [5.74, 6) is 0.481. The molecule has 0 aliphatic rings. The lowest BCUT2D eigenvalue weighted by Crippen LogP contribution is -2.33. The van der Waals surface area contributed by atoms with Gasteiger partial charge >= 0.3 is 0 Å². The lowest BCUT2D eigenvalue weighted by Gasteiger charge is -2.31. The van der Waals surface area contributed by atoms with Crippen LogP contribution >= 0.6 is 11.6 Å². The Kier molecular flexibility index (Phi) is 5.73. The molecule has 6 heteroatoms. The fourth-order valence-electron chi connectivity index (χ4n) is 2.93. The quantitative estimate of drug-likeness (QED) is 0.562. The molecule has 1 unspecified atom stereocenters. The van der Waals surface area contributed by atoms with E-state index in [1.165, 1.54) is 17.5 Å². The molecule has 1 atom stereocenters.